The van der Waals surface area contributed by atoms with Crippen molar-refractivity contribution in [1.29, 1.82) is 0 Å². The Bertz CT molecular complexity index is 1070. The van der Waals surface area contributed by atoms with Gasteiger partial charge in [0.2, 0.25) is 0 Å². The first-order valence-electron chi connectivity index (χ1n) is 10.9. The van der Waals surface area contributed by atoms with E-state index in [1.165, 1.54) is 5.56 Å². The van der Waals surface area contributed by atoms with E-state index in [1.807, 2.05) is 31.4 Å². The number of aromatic nitrogens is 1. The Morgan fingerprint density at radius 2 is 1.81 bits per heavy atom. The van der Waals surface area contributed by atoms with Crippen LogP contribution in [0.1, 0.15) is 11.1 Å². The number of nitrogens with zero attached hydrogens (tertiary/aromatic N) is 4. The summed E-state index contributed by atoms with van der Waals surface area (Å²) in [7, 11) is 5.25. The molecule has 7 nitrogen and oxygen atoms in total. The summed E-state index contributed by atoms with van der Waals surface area (Å²) in [6.07, 6.45) is 1.84. The van der Waals surface area contributed by atoms with Gasteiger partial charge in [0.15, 0.2) is 5.96 Å². The molecule has 0 unspecified atom stereocenters. The number of hydrogen-bond donors (Lipinski definition) is 1. The van der Waals surface area contributed by atoms with Crippen molar-refractivity contribution in [2.24, 2.45) is 4.99 Å². The lowest BCUT2D eigenvalue weighted by Gasteiger charge is -2.36. The third kappa shape index (κ3) is 4.94. The van der Waals surface area contributed by atoms with E-state index in [-0.39, 0.29) is 0 Å². The number of hydrogen-bond acceptors (Lipinski definition) is 5. The monoisotopic (exact) mass is 433 g/mol. The van der Waals surface area contributed by atoms with Crippen LogP contribution in [0.5, 0.6) is 11.5 Å². The number of methoxy groups -OCH3 is 2. The summed E-state index contributed by atoms with van der Waals surface area (Å²) in [5, 5.41) is 4.68. The summed E-state index contributed by atoms with van der Waals surface area (Å²) in [5.41, 5.74) is 3.36. The lowest BCUT2D eigenvalue weighted by molar-refractivity contribution is 0.171. The van der Waals surface area contributed by atoms with Gasteiger partial charge in [-0.15, -0.1) is 0 Å². The van der Waals surface area contributed by atoms with Crippen molar-refractivity contribution in [1.82, 2.24) is 20.1 Å². The highest BCUT2D eigenvalue weighted by Crippen LogP contribution is 2.25. The minimum absolute atomic E-state index is 0.697. The highest BCUT2D eigenvalue weighted by molar-refractivity contribution is 5.83. The number of aliphatic imine (C=N–C) groups is 1. The van der Waals surface area contributed by atoms with E-state index in [2.05, 4.69) is 55.4 Å². The number of guanidine groups is 1. The summed E-state index contributed by atoms with van der Waals surface area (Å²) in [4.78, 5) is 13.8. The number of benzene rings is 2. The van der Waals surface area contributed by atoms with Crippen LogP contribution in [0.4, 0.5) is 0 Å². The predicted molar refractivity (Wildman–Crippen MR) is 128 cm³/mol. The number of piperazine rings is 1. The normalized spacial score (nSPS) is 15.1. The molecule has 1 aromatic heterocycles. The smallest absolute Gasteiger partial charge is 0.194 e. The summed E-state index contributed by atoms with van der Waals surface area (Å²) in [6.45, 7) is 5.28. The maximum atomic E-state index is 5.54. The van der Waals surface area contributed by atoms with Crippen LogP contribution in [0.25, 0.3) is 10.9 Å². The second-order valence-electron chi connectivity index (χ2n) is 7.83. The lowest BCUT2D eigenvalue weighted by Crippen LogP contribution is -2.52. The van der Waals surface area contributed by atoms with Gasteiger partial charge in [0.05, 0.1) is 19.7 Å². The van der Waals surface area contributed by atoms with Gasteiger partial charge in [0.25, 0.3) is 0 Å². The quantitative estimate of drug-likeness (QED) is 0.476. The molecule has 2 heterocycles. The van der Waals surface area contributed by atoms with Crippen molar-refractivity contribution in [2.45, 2.75) is 13.1 Å². The molecule has 1 saturated heterocycles. The van der Waals surface area contributed by atoms with Crippen LogP contribution in [-0.4, -0.2) is 68.2 Å². The van der Waals surface area contributed by atoms with Crippen LogP contribution in [0.3, 0.4) is 0 Å². The number of ether oxygens (including phenoxy) is 2. The molecule has 32 heavy (non-hydrogen) atoms. The van der Waals surface area contributed by atoms with Crippen LogP contribution in [-0.2, 0) is 13.1 Å². The molecule has 1 aliphatic heterocycles. The minimum atomic E-state index is 0.697. The molecular weight excluding hydrogens is 402 g/mol. The summed E-state index contributed by atoms with van der Waals surface area (Å²) in [6, 6.07) is 16.3. The third-order valence-corrected chi connectivity index (χ3v) is 5.92. The Balaban J connectivity index is 1.35. The number of para-hydroxylation sites is 1. The molecule has 0 atom stereocenters. The molecule has 0 aliphatic carbocycles. The van der Waals surface area contributed by atoms with Crippen molar-refractivity contribution in [3.05, 3.63) is 65.9 Å². The summed E-state index contributed by atoms with van der Waals surface area (Å²) < 4.78 is 10.9. The Morgan fingerprint density at radius 3 is 2.56 bits per heavy atom. The first kappa shape index (κ1) is 21.9. The average molecular weight is 434 g/mol. The van der Waals surface area contributed by atoms with E-state index in [0.717, 1.165) is 66.6 Å². The summed E-state index contributed by atoms with van der Waals surface area (Å²) >= 11 is 0. The molecule has 3 aromatic rings. The standard InChI is InChI=1S/C25H31N5O2/c1-26-25(28-17-20-7-4-6-19-8-5-11-27-24(19)20)30-14-12-29(13-15-30)18-21-16-22(31-2)9-10-23(21)32-3/h4-11,16H,12-15,17-18H2,1-3H3,(H,26,28). The lowest BCUT2D eigenvalue weighted by atomic mass is 10.1. The fourth-order valence-corrected chi connectivity index (χ4v) is 4.18. The van der Waals surface area contributed by atoms with Crippen LogP contribution in [0.15, 0.2) is 59.7 Å². The third-order valence-electron chi connectivity index (χ3n) is 5.92. The zero-order valence-electron chi connectivity index (χ0n) is 19.0. The second kappa shape index (κ2) is 10.3. The molecule has 0 bridgehead atoms. The predicted octanol–water partition coefficient (Wildman–Crippen LogP) is 3.15. The van der Waals surface area contributed by atoms with Crippen LogP contribution >= 0.6 is 0 Å². The fraction of sp³-hybridized carbons (Fsp3) is 0.360. The fourth-order valence-electron chi connectivity index (χ4n) is 4.18. The zero-order chi connectivity index (χ0) is 22.3. The molecule has 1 aliphatic rings. The van der Waals surface area contributed by atoms with Gasteiger partial charge in [0, 0.05) is 63.5 Å². The van der Waals surface area contributed by atoms with Gasteiger partial charge in [-0.3, -0.25) is 14.9 Å². The first-order valence-corrected chi connectivity index (χ1v) is 10.9. The Hall–Kier alpha value is -3.32. The van der Waals surface area contributed by atoms with Gasteiger partial charge in [-0.1, -0.05) is 24.3 Å². The maximum Gasteiger partial charge on any atom is 0.194 e. The van der Waals surface area contributed by atoms with Gasteiger partial charge >= 0.3 is 0 Å². The molecule has 0 saturated carbocycles. The van der Waals surface area contributed by atoms with Gasteiger partial charge in [-0.2, -0.15) is 0 Å². The highest BCUT2D eigenvalue weighted by atomic mass is 16.5. The molecule has 7 heteroatoms. The van der Waals surface area contributed by atoms with Gasteiger partial charge in [-0.25, -0.2) is 0 Å². The molecule has 0 amide bonds. The summed E-state index contributed by atoms with van der Waals surface area (Å²) in [5.74, 6) is 2.68. The van der Waals surface area contributed by atoms with Gasteiger partial charge in [0.1, 0.15) is 11.5 Å². The average Bonchev–Trinajstić information content (AvgIpc) is 2.85. The molecule has 4 rings (SSSR count). The van der Waals surface area contributed by atoms with E-state index in [4.69, 9.17) is 9.47 Å². The maximum absolute atomic E-state index is 5.54. The van der Waals surface area contributed by atoms with Crippen molar-refractivity contribution in [3.8, 4) is 11.5 Å². The second-order valence-corrected chi connectivity index (χ2v) is 7.83. The van der Waals surface area contributed by atoms with Gasteiger partial charge < -0.3 is 19.7 Å². The largest absolute Gasteiger partial charge is 0.497 e. The van der Waals surface area contributed by atoms with Crippen LogP contribution < -0.4 is 14.8 Å². The number of pyridine rings is 1. The van der Waals surface area contributed by atoms with E-state index in [0.29, 0.717) is 6.54 Å². The van der Waals surface area contributed by atoms with Crippen LogP contribution in [0, 0.1) is 0 Å². The molecule has 1 N–H and O–H groups in total. The van der Waals surface area contributed by atoms with E-state index < -0.39 is 0 Å². The number of fused-ring (bicyclic) bond motifs is 1. The zero-order valence-corrected chi connectivity index (χ0v) is 19.0. The van der Waals surface area contributed by atoms with Crippen molar-refractivity contribution in [2.75, 3.05) is 47.4 Å². The molecule has 0 radical (unpaired) electrons. The molecular formula is C25H31N5O2. The Labute approximate surface area is 189 Å². The molecule has 2 aromatic carbocycles. The van der Waals surface area contributed by atoms with Crippen molar-refractivity contribution >= 4 is 16.9 Å². The molecule has 1 fully saturated rings. The molecule has 168 valence electrons. The van der Waals surface area contributed by atoms with Gasteiger partial charge in [-0.05, 0) is 29.8 Å². The van der Waals surface area contributed by atoms with Crippen molar-refractivity contribution in [3.63, 3.8) is 0 Å². The van der Waals surface area contributed by atoms with E-state index in [1.54, 1.807) is 14.2 Å². The minimum Gasteiger partial charge on any atom is -0.497 e. The number of rotatable bonds is 6. The van der Waals surface area contributed by atoms with E-state index >= 15 is 0 Å². The Kier molecular flexibility index (Phi) is 7.07. The SMILES string of the molecule is CN=C(NCc1cccc2cccnc12)N1CCN(Cc2cc(OC)ccc2OC)CC1. The van der Waals surface area contributed by atoms with E-state index in [9.17, 15) is 0 Å². The first-order chi connectivity index (χ1) is 15.7. The molecule has 0 spiro atoms. The number of nitrogens with one attached hydrogen (secondary N) is 1. The van der Waals surface area contributed by atoms with Crippen LogP contribution in [0.2, 0.25) is 0 Å². The Morgan fingerprint density at radius 1 is 1.00 bits per heavy atom. The van der Waals surface area contributed by atoms with Crippen molar-refractivity contribution < 1.29 is 9.47 Å². The highest BCUT2D eigenvalue weighted by Gasteiger charge is 2.21. The topological polar surface area (TPSA) is 62.2 Å².